The quantitative estimate of drug-likeness (QED) is 0.778. The normalized spacial score (nSPS) is 12.2. The molecule has 1 aromatic rings. The second kappa shape index (κ2) is 5.75. The van der Waals surface area contributed by atoms with E-state index < -0.39 is 0 Å². The molecule has 0 aliphatic heterocycles. The number of Topliss-reactive ketones (excluding diaryl/α,β-unsaturated/α-hetero) is 1. The van der Waals surface area contributed by atoms with Crippen LogP contribution in [0.1, 0.15) is 26.7 Å². The maximum atomic E-state index is 11.0. The Morgan fingerprint density at radius 1 is 1.56 bits per heavy atom. The summed E-state index contributed by atoms with van der Waals surface area (Å²) in [6.45, 7) is 3.64. The van der Waals surface area contributed by atoms with Crippen LogP contribution >= 0.6 is 11.6 Å². The molecular weight excluding hydrogens is 224 g/mol. The lowest BCUT2D eigenvalue weighted by Crippen LogP contribution is -2.21. The molecule has 0 bridgehead atoms. The Bertz CT molecular complexity index is 379. The molecule has 0 radical (unpaired) electrons. The van der Waals surface area contributed by atoms with Gasteiger partial charge in [-0.15, -0.1) is 0 Å². The fourth-order valence-corrected chi connectivity index (χ4v) is 1.68. The minimum absolute atomic E-state index is 0.150. The lowest BCUT2D eigenvalue weighted by atomic mass is 10.1. The van der Waals surface area contributed by atoms with Crippen molar-refractivity contribution in [2.75, 3.05) is 11.1 Å². The monoisotopic (exact) mass is 240 g/mol. The highest BCUT2D eigenvalue weighted by molar-refractivity contribution is 6.33. The lowest BCUT2D eigenvalue weighted by molar-refractivity contribution is -0.117. The molecule has 0 aliphatic rings. The third kappa shape index (κ3) is 3.74. The average Bonchev–Trinajstić information content (AvgIpc) is 2.22. The van der Waals surface area contributed by atoms with Gasteiger partial charge < -0.3 is 11.1 Å². The van der Waals surface area contributed by atoms with Crippen molar-refractivity contribution in [1.29, 1.82) is 0 Å². The molecule has 0 aliphatic carbocycles. The number of benzene rings is 1. The molecule has 88 valence electrons. The fourth-order valence-electron chi connectivity index (χ4n) is 1.50. The zero-order valence-electron chi connectivity index (χ0n) is 9.59. The molecule has 3 nitrogen and oxygen atoms in total. The predicted molar refractivity (Wildman–Crippen MR) is 68.9 cm³/mol. The highest BCUT2D eigenvalue weighted by Gasteiger charge is 2.09. The van der Waals surface area contributed by atoms with E-state index in [2.05, 4.69) is 5.32 Å². The topological polar surface area (TPSA) is 55.1 Å². The third-order valence-corrected chi connectivity index (χ3v) is 2.73. The molecule has 0 amide bonds. The van der Waals surface area contributed by atoms with Gasteiger partial charge in [-0.3, -0.25) is 4.79 Å². The molecule has 16 heavy (non-hydrogen) atoms. The number of nitrogens with one attached hydrogen (secondary N) is 1. The number of nitrogen functional groups attached to an aromatic ring is 1. The van der Waals surface area contributed by atoms with Crippen molar-refractivity contribution < 1.29 is 4.79 Å². The minimum Gasteiger partial charge on any atom is -0.398 e. The van der Waals surface area contributed by atoms with Crippen LogP contribution in [0.5, 0.6) is 0 Å². The molecule has 1 aromatic carbocycles. The van der Waals surface area contributed by atoms with Crippen LogP contribution in [0.3, 0.4) is 0 Å². The van der Waals surface area contributed by atoms with E-state index in [1.54, 1.807) is 19.1 Å². The third-order valence-electron chi connectivity index (χ3n) is 2.40. The zero-order valence-corrected chi connectivity index (χ0v) is 10.3. The standard InChI is InChI=1S/C12H17ClN2O/c1-3-9(6-8(2)16)15-10-4-5-12(14)11(13)7-10/h4-5,7,9,15H,3,6,14H2,1-2H3/t9-/m1/s1. The molecule has 0 aromatic heterocycles. The predicted octanol–water partition coefficient (Wildman–Crippen LogP) is 3.09. The van der Waals surface area contributed by atoms with Crippen LogP contribution in [0.25, 0.3) is 0 Å². The van der Waals surface area contributed by atoms with Gasteiger partial charge in [-0.25, -0.2) is 0 Å². The maximum absolute atomic E-state index is 11.0. The summed E-state index contributed by atoms with van der Waals surface area (Å²) in [5.74, 6) is 0.181. The number of anilines is 2. The Balaban J connectivity index is 2.70. The first-order valence-electron chi connectivity index (χ1n) is 5.34. The molecule has 1 rings (SSSR count). The number of ketones is 1. The van der Waals surface area contributed by atoms with Gasteiger partial charge >= 0.3 is 0 Å². The second-order valence-electron chi connectivity index (χ2n) is 3.89. The van der Waals surface area contributed by atoms with E-state index in [9.17, 15) is 4.79 Å². The van der Waals surface area contributed by atoms with Crippen molar-refractivity contribution in [2.45, 2.75) is 32.7 Å². The van der Waals surface area contributed by atoms with Gasteiger partial charge in [0.1, 0.15) is 5.78 Å². The van der Waals surface area contributed by atoms with Crippen LogP contribution in [0, 0.1) is 0 Å². The number of carbonyl (C=O) groups is 1. The van der Waals surface area contributed by atoms with Gasteiger partial charge in [0.15, 0.2) is 0 Å². The van der Waals surface area contributed by atoms with E-state index in [1.165, 1.54) is 0 Å². The zero-order chi connectivity index (χ0) is 12.1. The highest BCUT2D eigenvalue weighted by atomic mass is 35.5. The molecule has 0 heterocycles. The number of nitrogens with two attached hydrogens (primary N) is 1. The van der Waals surface area contributed by atoms with Gasteiger partial charge in [0.05, 0.1) is 10.7 Å². The first-order chi connectivity index (χ1) is 7.52. The molecule has 0 saturated carbocycles. The van der Waals surface area contributed by atoms with Crippen molar-refractivity contribution in [1.82, 2.24) is 0 Å². The lowest BCUT2D eigenvalue weighted by Gasteiger charge is -2.17. The van der Waals surface area contributed by atoms with Crippen LogP contribution in [0.2, 0.25) is 5.02 Å². The number of rotatable bonds is 5. The maximum Gasteiger partial charge on any atom is 0.131 e. The van der Waals surface area contributed by atoms with Crippen LogP contribution in [-0.4, -0.2) is 11.8 Å². The molecule has 4 heteroatoms. The van der Waals surface area contributed by atoms with Crippen molar-refractivity contribution in [3.05, 3.63) is 23.2 Å². The summed E-state index contributed by atoms with van der Waals surface area (Å²) >= 11 is 5.91. The van der Waals surface area contributed by atoms with Crippen LogP contribution in [0.4, 0.5) is 11.4 Å². The average molecular weight is 241 g/mol. The number of hydrogen-bond acceptors (Lipinski definition) is 3. The second-order valence-corrected chi connectivity index (χ2v) is 4.30. The summed E-state index contributed by atoms with van der Waals surface area (Å²) in [4.78, 5) is 11.0. The van der Waals surface area contributed by atoms with Crippen LogP contribution in [-0.2, 0) is 4.79 Å². The Labute approximate surface area is 101 Å². The molecule has 0 unspecified atom stereocenters. The summed E-state index contributed by atoms with van der Waals surface area (Å²) in [5, 5.41) is 3.80. The van der Waals surface area contributed by atoms with Crippen molar-refractivity contribution in [3.8, 4) is 0 Å². The Morgan fingerprint density at radius 3 is 2.75 bits per heavy atom. The van der Waals surface area contributed by atoms with E-state index in [0.29, 0.717) is 17.1 Å². The van der Waals surface area contributed by atoms with Gasteiger partial charge in [-0.2, -0.15) is 0 Å². The summed E-state index contributed by atoms with van der Waals surface area (Å²) in [7, 11) is 0. The van der Waals surface area contributed by atoms with E-state index in [4.69, 9.17) is 17.3 Å². The smallest absolute Gasteiger partial charge is 0.131 e. The largest absolute Gasteiger partial charge is 0.398 e. The Hall–Kier alpha value is -1.22. The van der Waals surface area contributed by atoms with E-state index in [0.717, 1.165) is 12.1 Å². The van der Waals surface area contributed by atoms with Gasteiger partial charge in [-0.1, -0.05) is 18.5 Å². The first kappa shape index (κ1) is 12.8. The highest BCUT2D eigenvalue weighted by Crippen LogP contribution is 2.23. The Morgan fingerprint density at radius 2 is 2.25 bits per heavy atom. The van der Waals surface area contributed by atoms with Crippen LogP contribution in [0.15, 0.2) is 18.2 Å². The van der Waals surface area contributed by atoms with E-state index in [-0.39, 0.29) is 11.8 Å². The molecule has 1 atom stereocenters. The molecular formula is C12H17ClN2O. The summed E-state index contributed by atoms with van der Waals surface area (Å²) in [5.41, 5.74) is 7.08. The Kier molecular flexibility index (Phi) is 4.62. The summed E-state index contributed by atoms with van der Waals surface area (Å²) in [6.07, 6.45) is 1.42. The summed E-state index contributed by atoms with van der Waals surface area (Å²) in [6, 6.07) is 5.55. The van der Waals surface area contributed by atoms with Gasteiger partial charge in [0.25, 0.3) is 0 Å². The number of hydrogen-bond donors (Lipinski definition) is 2. The van der Waals surface area contributed by atoms with Gasteiger partial charge in [0, 0.05) is 18.2 Å². The van der Waals surface area contributed by atoms with Gasteiger partial charge in [-0.05, 0) is 31.5 Å². The van der Waals surface area contributed by atoms with Gasteiger partial charge in [0.2, 0.25) is 0 Å². The first-order valence-corrected chi connectivity index (χ1v) is 5.71. The number of halogens is 1. The van der Waals surface area contributed by atoms with Crippen molar-refractivity contribution in [2.24, 2.45) is 0 Å². The fraction of sp³-hybridized carbons (Fsp3) is 0.417. The summed E-state index contributed by atoms with van der Waals surface area (Å²) < 4.78 is 0. The molecule has 0 fully saturated rings. The van der Waals surface area contributed by atoms with E-state index >= 15 is 0 Å². The molecule has 0 saturated heterocycles. The SMILES string of the molecule is CC[C@H](CC(C)=O)Nc1ccc(N)c(Cl)c1. The molecule has 3 N–H and O–H groups in total. The van der Waals surface area contributed by atoms with E-state index in [1.807, 2.05) is 13.0 Å². The minimum atomic E-state index is 0.150. The van der Waals surface area contributed by atoms with Crippen molar-refractivity contribution >= 4 is 28.8 Å². The molecule has 0 spiro atoms. The van der Waals surface area contributed by atoms with Crippen molar-refractivity contribution in [3.63, 3.8) is 0 Å². The van der Waals surface area contributed by atoms with Crippen LogP contribution < -0.4 is 11.1 Å². The number of carbonyl (C=O) groups excluding carboxylic acids is 1.